The summed E-state index contributed by atoms with van der Waals surface area (Å²) in [6.45, 7) is 5.75. The third-order valence-electron chi connectivity index (χ3n) is 3.98. The number of ether oxygens (including phenoxy) is 1. The van der Waals surface area contributed by atoms with E-state index < -0.39 is 11.8 Å². The first kappa shape index (κ1) is 21.6. The van der Waals surface area contributed by atoms with Gasteiger partial charge in [-0.3, -0.25) is 14.4 Å². The lowest BCUT2D eigenvalue weighted by molar-refractivity contribution is -0.138. The molecule has 0 spiro atoms. The predicted octanol–water partition coefficient (Wildman–Crippen LogP) is 1.83. The first-order chi connectivity index (χ1) is 13.8. The van der Waals surface area contributed by atoms with Gasteiger partial charge in [-0.1, -0.05) is 29.8 Å². The molecule has 0 aromatic heterocycles. The molecule has 0 bridgehead atoms. The monoisotopic (exact) mass is 396 g/mol. The average Bonchev–Trinajstić information content (AvgIpc) is 2.68. The van der Waals surface area contributed by atoms with Crippen molar-refractivity contribution in [3.05, 3.63) is 58.7 Å². The Balaban J connectivity index is 1.93. The van der Waals surface area contributed by atoms with Crippen LogP contribution in [0.3, 0.4) is 0 Å². The van der Waals surface area contributed by atoms with Crippen molar-refractivity contribution < 1.29 is 19.1 Å². The number of hydrogen-bond donors (Lipinski definition) is 3. The van der Waals surface area contributed by atoms with Gasteiger partial charge in [0, 0.05) is 12.7 Å². The van der Waals surface area contributed by atoms with E-state index in [2.05, 4.69) is 21.2 Å². The fourth-order valence-electron chi connectivity index (χ4n) is 2.72. The summed E-state index contributed by atoms with van der Waals surface area (Å²) in [7, 11) is 1.35. The first-order valence-corrected chi connectivity index (χ1v) is 8.96. The second-order valence-corrected chi connectivity index (χ2v) is 6.46. The fraction of sp³-hybridized carbons (Fsp3) is 0.238. The van der Waals surface area contributed by atoms with E-state index in [0.717, 1.165) is 22.4 Å². The van der Waals surface area contributed by atoms with Gasteiger partial charge < -0.3 is 15.4 Å². The van der Waals surface area contributed by atoms with E-state index in [1.54, 1.807) is 24.3 Å². The highest BCUT2D eigenvalue weighted by atomic mass is 16.5. The molecule has 2 rings (SSSR count). The molecule has 8 nitrogen and oxygen atoms in total. The van der Waals surface area contributed by atoms with Gasteiger partial charge in [-0.15, -0.1) is 0 Å². The quantitative estimate of drug-likeness (QED) is 0.393. The lowest BCUT2D eigenvalue weighted by Crippen LogP contribution is -2.35. The van der Waals surface area contributed by atoms with E-state index in [9.17, 15) is 14.4 Å². The van der Waals surface area contributed by atoms with Crippen LogP contribution in [-0.4, -0.2) is 37.6 Å². The Hall–Kier alpha value is -3.68. The fourth-order valence-corrected chi connectivity index (χ4v) is 2.72. The van der Waals surface area contributed by atoms with Crippen molar-refractivity contribution in [3.8, 4) is 5.75 Å². The average molecular weight is 396 g/mol. The molecular formula is C21H24N4O4. The Morgan fingerprint density at radius 1 is 1.03 bits per heavy atom. The summed E-state index contributed by atoms with van der Waals surface area (Å²) < 4.78 is 5.54. The molecule has 0 heterocycles. The van der Waals surface area contributed by atoms with Crippen LogP contribution in [0.25, 0.3) is 0 Å². The number of hydrogen-bond acceptors (Lipinski definition) is 5. The van der Waals surface area contributed by atoms with E-state index >= 15 is 0 Å². The summed E-state index contributed by atoms with van der Waals surface area (Å²) in [5.74, 6) is -1.45. The first-order valence-electron chi connectivity index (χ1n) is 8.96. The Kier molecular flexibility index (Phi) is 7.47. The van der Waals surface area contributed by atoms with E-state index in [-0.39, 0.29) is 12.5 Å². The molecule has 0 aliphatic heterocycles. The van der Waals surface area contributed by atoms with Crippen molar-refractivity contribution in [3.63, 3.8) is 0 Å². The van der Waals surface area contributed by atoms with Crippen LogP contribution in [0.2, 0.25) is 0 Å². The molecule has 0 saturated heterocycles. The smallest absolute Gasteiger partial charge is 0.329 e. The number of carbonyl (C=O) groups excluding carboxylic acids is 3. The minimum atomic E-state index is -0.866. The molecule has 2 aromatic carbocycles. The van der Waals surface area contributed by atoms with Gasteiger partial charge in [0.1, 0.15) is 5.75 Å². The van der Waals surface area contributed by atoms with Crippen LogP contribution in [-0.2, 0) is 14.4 Å². The molecule has 0 saturated carbocycles. The molecule has 2 aromatic rings. The number of benzene rings is 2. The number of carbonyl (C=O) groups is 3. The second-order valence-electron chi connectivity index (χ2n) is 6.46. The SMILES string of the molecule is CNC(=O)C(=O)N/N=C\c1cccc(OCC(=O)Nc2c(C)cc(C)cc2C)c1. The van der Waals surface area contributed by atoms with Crippen molar-refractivity contribution in [2.45, 2.75) is 20.8 Å². The van der Waals surface area contributed by atoms with Gasteiger partial charge in [0.05, 0.1) is 6.21 Å². The minimum Gasteiger partial charge on any atom is -0.484 e. The molecule has 0 atom stereocenters. The predicted molar refractivity (Wildman–Crippen MR) is 111 cm³/mol. The van der Waals surface area contributed by atoms with E-state index in [1.807, 2.05) is 32.9 Å². The topological polar surface area (TPSA) is 109 Å². The van der Waals surface area contributed by atoms with Crippen LogP contribution >= 0.6 is 0 Å². The third kappa shape index (κ3) is 6.46. The van der Waals surface area contributed by atoms with Crippen LogP contribution in [0.4, 0.5) is 5.69 Å². The summed E-state index contributed by atoms with van der Waals surface area (Å²) in [5, 5.41) is 8.78. The van der Waals surface area contributed by atoms with Gasteiger partial charge in [0.2, 0.25) is 0 Å². The molecule has 8 heteroatoms. The number of aryl methyl sites for hydroxylation is 3. The lowest BCUT2D eigenvalue weighted by atomic mass is 10.1. The summed E-state index contributed by atoms with van der Waals surface area (Å²) in [6.07, 6.45) is 1.37. The Bertz CT molecular complexity index is 930. The number of likely N-dealkylation sites (N-methyl/N-ethyl adjacent to an activating group) is 1. The third-order valence-corrected chi connectivity index (χ3v) is 3.98. The number of nitrogens with one attached hydrogen (secondary N) is 3. The molecular weight excluding hydrogens is 372 g/mol. The number of amides is 3. The molecule has 0 aliphatic carbocycles. The largest absolute Gasteiger partial charge is 0.484 e. The normalized spacial score (nSPS) is 10.5. The van der Waals surface area contributed by atoms with Crippen molar-refractivity contribution in [2.75, 3.05) is 19.0 Å². The molecule has 3 N–H and O–H groups in total. The van der Waals surface area contributed by atoms with Gasteiger partial charge in [0.25, 0.3) is 5.91 Å². The van der Waals surface area contributed by atoms with Crippen LogP contribution in [0, 0.1) is 20.8 Å². The molecule has 29 heavy (non-hydrogen) atoms. The standard InChI is InChI=1S/C21H24N4O4/c1-13-8-14(2)19(15(3)9-13)24-18(26)12-29-17-7-5-6-16(10-17)11-23-25-21(28)20(27)22-4/h5-11H,12H2,1-4H3,(H,22,27)(H,24,26)(H,25,28)/b23-11-. The van der Waals surface area contributed by atoms with Gasteiger partial charge in [0.15, 0.2) is 6.61 Å². The zero-order valence-electron chi connectivity index (χ0n) is 16.8. The maximum Gasteiger partial charge on any atom is 0.329 e. The summed E-state index contributed by atoms with van der Waals surface area (Å²) in [4.78, 5) is 34.7. The van der Waals surface area contributed by atoms with Crippen LogP contribution in [0.1, 0.15) is 22.3 Å². The van der Waals surface area contributed by atoms with Crippen molar-refractivity contribution in [2.24, 2.45) is 5.10 Å². The Labute approximate surface area is 169 Å². The maximum atomic E-state index is 12.3. The highest BCUT2D eigenvalue weighted by molar-refractivity contribution is 6.35. The van der Waals surface area contributed by atoms with Crippen LogP contribution in [0.5, 0.6) is 5.75 Å². The van der Waals surface area contributed by atoms with E-state index in [4.69, 9.17) is 4.74 Å². The van der Waals surface area contributed by atoms with Crippen molar-refractivity contribution in [1.29, 1.82) is 0 Å². The number of nitrogens with zero attached hydrogens (tertiary/aromatic N) is 1. The Morgan fingerprint density at radius 3 is 2.38 bits per heavy atom. The molecule has 0 radical (unpaired) electrons. The number of rotatable bonds is 6. The second kappa shape index (κ2) is 10.0. The molecule has 3 amide bonds. The highest BCUT2D eigenvalue weighted by Crippen LogP contribution is 2.22. The molecule has 152 valence electrons. The molecule has 0 aliphatic rings. The zero-order chi connectivity index (χ0) is 21.4. The van der Waals surface area contributed by atoms with Crippen LogP contribution < -0.4 is 20.8 Å². The number of hydrazone groups is 1. The summed E-state index contributed by atoms with van der Waals surface area (Å²) >= 11 is 0. The van der Waals surface area contributed by atoms with Crippen LogP contribution in [0.15, 0.2) is 41.5 Å². The summed E-state index contributed by atoms with van der Waals surface area (Å²) in [5.41, 5.74) is 6.65. The lowest BCUT2D eigenvalue weighted by Gasteiger charge is -2.13. The number of anilines is 1. The van der Waals surface area contributed by atoms with Gasteiger partial charge in [-0.05, 0) is 49.6 Å². The van der Waals surface area contributed by atoms with Gasteiger partial charge in [-0.2, -0.15) is 5.10 Å². The van der Waals surface area contributed by atoms with Gasteiger partial charge >= 0.3 is 11.8 Å². The summed E-state index contributed by atoms with van der Waals surface area (Å²) in [6, 6.07) is 10.8. The van der Waals surface area contributed by atoms with Gasteiger partial charge in [-0.25, -0.2) is 5.43 Å². The minimum absolute atomic E-state index is 0.152. The van der Waals surface area contributed by atoms with Crippen molar-refractivity contribution >= 4 is 29.6 Å². The highest BCUT2D eigenvalue weighted by Gasteiger charge is 2.10. The Morgan fingerprint density at radius 2 is 1.72 bits per heavy atom. The zero-order valence-corrected chi connectivity index (χ0v) is 16.8. The van der Waals surface area contributed by atoms with E-state index in [0.29, 0.717) is 11.3 Å². The molecule has 0 fully saturated rings. The maximum absolute atomic E-state index is 12.3. The van der Waals surface area contributed by atoms with Crippen molar-refractivity contribution in [1.82, 2.24) is 10.7 Å². The molecule has 0 unspecified atom stereocenters. The van der Waals surface area contributed by atoms with E-state index in [1.165, 1.54) is 13.3 Å².